The van der Waals surface area contributed by atoms with E-state index in [1.807, 2.05) is 64.5 Å². The second-order valence-electron chi connectivity index (χ2n) is 9.97. The van der Waals surface area contributed by atoms with Crippen LogP contribution in [0.4, 0.5) is 0 Å². The van der Waals surface area contributed by atoms with Gasteiger partial charge in [0.15, 0.2) is 5.65 Å². The van der Waals surface area contributed by atoms with Crippen LogP contribution in [0.15, 0.2) is 53.7 Å². The number of aryl methyl sites for hydroxylation is 1. The number of rotatable bonds is 8. The van der Waals surface area contributed by atoms with Crippen LogP contribution in [-0.2, 0) is 11.8 Å². The SMILES string of the molecule is CCC.CCC/C=C(/N=C(/C)c1c(-c2ccn3nccc3n2)ccn1C)NC1CC(C=O)C1.CN(C)C. The zero-order valence-corrected chi connectivity index (χ0v) is 23.9. The first-order valence-electron chi connectivity index (χ1n) is 13.3. The zero-order valence-electron chi connectivity index (χ0n) is 23.9. The molecule has 202 valence electrons. The third kappa shape index (κ3) is 8.97. The fraction of sp³-hybridized carbons (Fsp3) is 0.517. The molecule has 1 fully saturated rings. The summed E-state index contributed by atoms with van der Waals surface area (Å²) >= 11 is 0. The van der Waals surface area contributed by atoms with Crippen LogP contribution >= 0.6 is 0 Å². The Kier molecular flexibility index (Phi) is 12.2. The molecule has 1 saturated carbocycles. The molecule has 3 heterocycles. The van der Waals surface area contributed by atoms with Gasteiger partial charge in [0.05, 0.1) is 23.3 Å². The third-order valence-electron chi connectivity index (χ3n) is 5.58. The first-order chi connectivity index (χ1) is 17.7. The molecule has 0 spiro atoms. The molecule has 3 aromatic heterocycles. The van der Waals surface area contributed by atoms with E-state index in [9.17, 15) is 4.79 Å². The predicted octanol–water partition coefficient (Wildman–Crippen LogP) is 5.35. The molecule has 4 rings (SSSR count). The number of carbonyl (C=O) groups excluding carboxylic acids is 1. The Labute approximate surface area is 222 Å². The number of carbonyl (C=O) groups is 1. The highest BCUT2D eigenvalue weighted by atomic mass is 16.1. The monoisotopic (exact) mass is 507 g/mol. The van der Waals surface area contributed by atoms with Crippen molar-refractivity contribution in [3.63, 3.8) is 0 Å². The number of aliphatic imine (C=N–C) groups is 1. The minimum atomic E-state index is 0.184. The van der Waals surface area contributed by atoms with E-state index in [0.29, 0.717) is 6.04 Å². The number of unbranched alkanes of at least 4 members (excludes halogenated alkanes) is 1. The van der Waals surface area contributed by atoms with E-state index in [4.69, 9.17) is 9.98 Å². The molecule has 37 heavy (non-hydrogen) atoms. The van der Waals surface area contributed by atoms with E-state index in [0.717, 1.165) is 66.1 Å². The average molecular weight is 508 g/mol. The minimum Gasteiger partial charge on any atom is -0.368 e. The molecule has 3 aromatic rings. The summed E-state index contributed by atoms with van der Waals surface area (Å²) in [6, 6.07) is 6.27. The van der Waals surface area contributed by atoms with Gasteiger partial charge in [-0.15, -0.1) is 0 Å². The fourth-order valence-corrected chi connectivity index (χ4v) is 3.90. The van der Waals surface area contributed by atoms with Crippen LogP contribution in [0.1, 0.15) is 65.5 Å². The van der Waals surface area contributed by atoms with E-state index in [1.54, 1.807) is 10.7 Å². The molecule has 1 aliphatic carbocycles. The van der Waals surface area contributed by atoms with Gasteiger partial charge in [-0.2, -0.15) is 5.10 Å². The summed E-state index contributed by atoms with van der Waals surface area (Å²) in [5.74, 6) is 1.07. The smallest absolute Gasteiger partial charge is 0.155 e. The summed E-state index contributed by atoms with van der Waals surface area (Å²) in [6.45, 7) is 8.44. The third-order valence-corrected chi connectivity index (χ3v) is 5.58. The molecule has 0 atom stereocenters. The highest BCUT2D eigenvalue weighted by Crippen LogP contribution is 2.27. The van der Waals surface area contributed by atoms with E-state index in [1.165, 1.54) is 6.42 Å². The Hall–Kier alpha value is -3.26. The van der Waals surface area contributed by atoms with Crippen LogP contribution < -0.4 is 5.32 Å². The Morgan fingerprint density at radius 3 is 2.46 bits per heavy atom. The molecule has 0 unspecified atom stereocenters. The lowest BCUT2D eigenvalue weighted by Crippen LogP contribution is -2.41. The maximum atomic E-state index is 10.9. The van der Waals surface area contributed by atoms with Crippen molar-refractivity contribution < 1.29 is 4.79 Å². The summed E-state index contributed by atoms with van der Waals surface area (Å²) in [6.07, 6.45) is 14.0. The molecule has 0 amide bonds. The second-order valence-corrected chi connectivity index (χ2v) is 9.97. The first-order valence-corrected chi connectivity index (χ1v) is 13.3. The van der Waals surface area contributed by atoms with E-state index in [2.05, 4.69) is 47.9 Å². The topological polar surface area (TPSA) is 79.8 Å². The molecular formula is C29H45N7O. The molecule has 1 aliphatic rings. The average Bonchev–Trinajstić information content (AvgIpc) is 3.45. The van der Waals surface area contributed by atoms with Crippen molar-refractivity contribution in [2.24, 2.45) is 18.0 Å². The van der Waals surface area contributed by atoms with Gasteiger partial charge in [0.2, 0.25) is 0 Å². The van der Waals surface area contributed by atoms with Crippen LogP contribution in [-0.4, -0.2) is 63.2 Å². The number of nitrogens with one attached hydrogen (secondary N) is 1. The van der Waals surface area contributed by atoms with Crippen LogP contribution in [0.2, 0.25) is 0 Å². The molecule has 0 radical (unpaired) electrons. The van der Waals surface area contributed by atoms with Gasteiger partial charge in [-0.05, 0) is 65.5 Å². The van der Waals surface area contributed by atoms with Gasteiger partial charge in [0, 0.05) is 43.0 Å². The van der Waals surface area contributed by atoms with Crippen molar-refractivity contribution in [2.75, 3.05) is 21.1 Å². The van der Waals surface area contributed by atoms with Crippen molar-refractivity contribution in [3.05, 3.63) is 54.4 Å². The lowest BCUT2D eigenvalue weighted by molar-refractivity contribution is -0.113. The Morgan fingerprint density at radius 1 is 1.16 bits per heavy atom. The van der Waals surface area contributed by atoms with Gasteiger partial charge in [0.25, 0.3) is 0 Å². The molecule has 0 aliphatic heterocycles. The molecular weight excluding hydrogens is 462 g/mol. The van der Waals surface area contributed by atoms with E-state index >= 15 is 0 Å². The minimum absolute atomic E-state index is 0.184. The number of allylic oxidation sites excluding steroid dienone is 1. The van der Waals surface area contributed by atoms with E-state index < -0.39 is 0 Å². The Bertz CT molecular complexity index is 1160. The number of hydrogen-bond acceptors (Lipinski definition) is 6. The summed E-state index contributed by atoms with van der Waals surface area (Å²) in [7, 11) is 8.03. The molecule has 8 nitrogen and oxygen atoms in total. The lowest BCUT2D eigenvalue weighted by atomic mass is 9.81. The van der Waals surface area contributed by atoms with Crippen LogP contribution in [0.5, 0.6) is 0 Å². The van der Waals surface area contributed by atoms with Crippen molar-refractivity contribution in [3.8, 4) is 11.3 Å². The Morgan fingerprint density at radius 2 is 1.84 bits per heavy atom. The van der Waals surface area contributed by atoms with Crippen molar-refractivity contribution in [1.29, 1.82) is 0 Å². The molecule has 8 heteroatoms. The standard InChI is InChI=1S/C23H28N6O.C3H9N.C3H8/c1-4-5-6-21(26-18-13-17(14-18)15-30)25-16(2)23-19(8-11-28(23)3)20-9-12-29-22(27-20)7-10-24-29;1-4(2)3;1-3-2/h6-12,15,17-18,26H,4-5,13-14H2,1-3H3;1-3H3;3H2,1-2H3/b21-6-,25-16-;;. The van der Waals surface area contributed by atoms with Crippen molar-refractivity contribution in [2.45, 2.75) is 65.8 Å². The fourth-order valence-electron chi connectivity index (χ4n) is 3.90. The first kappa shape index (κ1) is 30.0. The quantitative estimate of drug-likeness (QED) is 0.329. The second kappa shape index (κ2) is 15.1. The summed E-state index contributed by atoms with van der Waals surface area (Å²) in [5, 5.41) is 7.75. The lowest BCUT2D eigenvalue weighted by Gasteiger charge is -2.33. The van der Waals surface area contributed by atoms with Crippen molar-refractivity contribution >= 4 is 17.6 Å². The zero-order chi connectivity index (χ0) is 27.4. The molecule has 0 saturated heterocycles. The molecule has 0 bridgehead atoms. The van der Waals surface area contributed by atoms with E-state index in [-0.39, 0.29) is 5.92 Å². The van der Waals surface area contributed by atoms with Crippen LogP contribution in [0, 0.1) is 5.92 Å². The van der Waals surface area contributed by atoms with Gasteiger partial charge in [0.1, 0.15) is 12.1 Å². The summed E-state index contributed by atoms with van der Waals surface area (Å²) < 4.78 is 3.84. The summed E-state index contributed by atoms with van der Waals surface area (Å²) in [4.78, 5) is 22.6. The number of aromatic nitrogens is 4. The van der Waals surface area contributed by atoms with Crippen LogP contribution in [0.3, 0.4) is 0 Å². The number of hydrogen-bond donors (Lipinski definition) is 1. The number of aldehydes is 1. The highest BCUT2D eigenvalue weighted by Gasteiger charge is 2.29. The highest BCUT2D eigenvalue weighted by molar-refractivity contribution is 6.03. The maximum Gasteiger partial charge on any atom is 0.155 e. The van der Waals surface area contributed by atoms with Gasteiger partial charge >= 0.3 is 0 Å². The summed E-state index contributed by atoms with van der Waals surface area (Å²) in [5.41, 5.74) is 4.72. The van der Waals surface area contributed by atoms with Gasteiger partial charge < -0.3 is 19.6 Å². The van der Waals surface area contributed by atoms with Gasteiger partial charge in [-0.25, -0.2) is 14.5 Å². The molecule has 1 N–H and O–H groups in total. The van der Waals surface area contributed by atoms with Gasteiger partial charge in [-0.3, -0.25) is 0 Å². The Balaban J connectivity index is 0.000000616. The van der Waals surface area contributed by atoms with Crippen LogP contribution in [0.25, 0.3) is 16.9 Å². The van der Waals surface area contributed by atoms with Gasteiger partial charge in [-0.1, -0.05) is 33.6 Å². The van der Waals surface area contributed by atoms with Crippen molar-refractivity contribution in [1.82, 2.24) is 29.4 Å². The normalized spacial score (nSPS) is 17.4. The molecule has 0 aromatic carbocycles. The number of nitrogens with zero attached hydrogens (tertiary/aromatic N) is 6. The maximum absolute atomic E-state index is 10.9. The largest absolute Gasteiger partial charge is 0.368 e. The predicted molar refractivity (Wildman–Crippen MR) is 154 cm³/mol. The number of fused-ring (bicyclic) bond motifs is 1.